The molecule has 90 valence electrons. The lowest BCUT2D eigenvalue weighted by molar-refractivity contribution is -0.385. The van der Waals surface area contributed by atoms with E-state index in [0.717, 1.165) is 19.2 Å². The lowest BCUT2D eigenvalue weighted by atomic mass is 10.0. The number of carbonyl (C=O) groups is 2. The molecule has 0 saturated heterocycles. The molecule has 0 aliphatic heterocycles. The SMILES string of the molecule is COC(=O)c1c(C(=O)O)ccc([N+](=O)[O-])c1C. The average molecular weight is 239 g/mol. The molecule has 0 aromatic heterocycles. The number of carbonyl (C=O) groups excluding carboxylic acids is 1. The van der Waals surface area contributed by atoms with Crippen molar-refractivity contribution in [1.82, 2.24) is 0 Å². The van der Waals surface area contributed by atoms with Gasteiger partial charge in [-0.2, -0.15) is 0 Å². The summed E-state index contributed by atoms with van der Waals surface area (Å²) in [6.45, 7) is 1.30. The van der Waals surface area contributed by atoms with Crippen molar-refractivity contribution in [3.05, 3.63) is 38.9 Å². The number of nitrogens with zero attached hydrogens (tertiary/aromatic N) is 1. The van der Waals surface area contributed by atoms with Gasteiger partial charge in [0, 0.05) is 11.6 Å². The normalized spacial score (nSPS) is 9.76. The van der Waals surface area contributed by atoms with E-state index in [0.29, 0.717) is 0 Å². The third-order valence-corrected chi connectivity index (χ3v) is 2.25. The zero-order valence-electron chi connectivity index (χ0n) is 9.09. The number of carboxylic acid groups (broad SMARTS) is 1. The molecule has 0 fully saturated rings. The van der Waals surface area contributed by atoms with Crippen molar-refractivity contribution < 1.29 is 24.4 Å². The fourth-order valence-corrected chi connectivity index (χ4v) is 1.44. The molecule has 0 radical (unpaired) electrons. The largest absolute Gasteiger partial charge is 0.478 e. The zero-order valence-corrected chi connectivity index (χ0v) is 9.09. The first-order valence-electron chi connectivity index (χ1n) is 4.49. The Kier molecular flexibility index (Phi) is 3.42. The first-order valence-corrected chi connectivity index (χ1v) is 4.49. The van der Waals surface area contributed by atoms with Crippen molar-refractivity contribution in [2.75, 3.05) is 7.11 Å². The summed E-state index contributed by atoms with van der Waals surface area (Å²) >= 11 is 0. The molecule has 17 heavy (non-hydrogen) atoms. The summed E-state index contributed by atoms with van der Waals surface area (Å²) in [6.07, 6.45) is 0. The Hall–Kier alpha value is -2.44. The third kappa shape index (κ3) is 2.22. The van der Waals surface area contributed by atoms with Crippen LogP contribution in [0.15, 0.2) is 12.1 Å². The van der Waals surface area contributed by atoms with Gasteiger partial charge in [-0.1, -0.05) is 0 Å². The van der Waals surface area contributed by atoms with Crippen molar-refractivity contribution in [2.24, 2.45) is 0 Å². The van der Waals surface area contributed by atoms with Crippen LogP contribution in [-0.4, -0.2) is 29.1 Å². The predicted octanol–water partition coefficient (Wildman–Crippen LogP) is 1.39. The minimum atomic E-state index is -1.34. The van der Waals surface area contributed by atoms with Gasteiger partial charge in [0.05, 0.1) is 23.2 Å². The summed E-state index contributed by atoms with van der Waals surface area (Å²) in [7, 11) is 1.08. The second kappa shape index (κ2) is 4.60. The number of ether oxygens (including phenoxy) is 1. The van der Waals surface area contributed by atoms with Crippen LogP contribution in [0.2, 0.25) is 0 Å². The zero-order chi connectivity index (χ0) is 13.2. The number of nitro groups is 1. The van der Waals surface area contributed by atoms with Crippen LogP contribution >= 0.6 is 0 Å². The van der Waals surface area contributed by atoms with Crippen molar-refractivity contribution in [2.45, 2.75) is 6.92 Å². The monoisotopic (exact) mass is 239 g/mol. The first kappa shape index (κ1) is 12.6. The molecule has 7 heteroatoms. The van der Waals surface area contributed by atoms with Crippen LogP contribution in [0.25, 0.3) is 0 Å². The van der Waals surface area contributed by atoms with Crippen LogP contribution in [0.5, 0.6) is 0 Å². The second-order valence-electron chi connectivity index (χ2n) is 3.19. The van der Waals surface area contributed by atoms with Gasteiger partial charge in [0.15, 0.2) is 0 Å². The van der Waals surface area contributed by atoms with E-state index >= 15 is 0 Å². The summed E-state index contributed by atoms with van der Waals surface area (Å²) in [5.41, 5.74) is -0.966. The van der Waals surface area contributed by atoms with Gasteiger partial charge in [-0.15, -0.1) is 0 Å². The van der Waals surface area contributed by atoms with Crippen LogP contribution in [-0.2, 0) is 4.74 Å². The Morgan fingerprint density at radius 2 is 2.00 bits per heavy atom. The number of hydrogen-bond acceptors (Lipinski definition) is 5. The highest BCUT2D eigenvalue weighted by molar-refractivity contribution is 6.04. The smallest absolute Gasteiger partial charge is 0.339 e. The molecule has 0 aliphatic carbocycles. The predicted molar refractivity (Wildman–Crippen MR) is 56.1 cm³/mol. The molecule has 0 saturated carbocycles. The fraction of sp³-hybridized carbons (Fsp3) is 0.200. The van der Waals surface area contributed by atoms with Crippen LogP contribution in [0.4, 0.5) is 5.69 Å². The van der Waals surface area contributed by atoms with E-state index in [9.17, 15) is 19.7 Å². The number of esters is 1. The Morgan fingerprint density at radius 3 is 2.41 bits per heavy atom. The van der Waals surface area contributed by atoms with Gasteiger partial charge in [-0.3, -0.25) is 10.1 Å². The molecule has 1 rings (SSSR count). The van der Waals surface area contributed by atoms with E-state index in [4.69, 9.17) is 5.11 Å². The Bertz CT molecular complexity index is 508. The first-order chi connectivity index (χ1) is 7.90. The van der Waals surface area contributed by atoms with Gasteiger partial charge in [0.25, 0.3) is 5.69 Å². The molecule has 7 nitrogen and oxygen atoms in total. The molecule has 1 aromatic rings. The number of methoxy groups -OCH3 is 1. The van der Waals surface area contributed by atoms with Crippen molar-refractivity contribution in [3.63, 3.8) is 0 Å². The molecule has 1 N–H and O–H groups in total. The maximum Gasteiger partial charge on any atom is 0.339 e. The summed E-state index contributed by atoms with van der Waals surface area (Å²) in [4.78, 5) is 32.3. The van der Waals surface area contributed by atoms with E-state index < -0.39 is 16.9 Å². The third-order valence-electron chi connectivity index (χ3n) is 2.25. The standard InChI is InChI=1S/C10H9NO6/c1-5-7(11(15)16)4-3-6(9(12)13)8(5)10(14)17-2/h3-4H,1-2H3,(H,12,13). The molecule has 0 atom stereocenters. The molecule has 1 aromatic carbocycles. The van der Waals surface area contributed by atoms with Crippen LogP contribution in [0.1, 0.15) is 26.3 Å². The lowest BCUT2D eigenvalue weighted by Gasteiger charge is -2.07. The number of aromatic carboxylic acids is 1. The Labute approximate surface area is 95.8 Å². The molecule has 0 unspecified atom stereocenters. The fourth-order valence-electron chi connectivity index (χ4n) is 1.44. The van der Waals surface area contributed by atoms with E-state index in [-0.39, 0.29) is 22.4 Å². The Morgan fingerprint density at radius 1 is 1.41 bits per heavy atom. The van der Waals surface area contributed by atoms with E-state index in [1.165, 1.54) is 6.92 Å². The van der Waals surface area contributed by atoms with Crippen LogP contribution in [0.3, 0.4) is 0 Å². The molecular formula is C10H9NO6. The van der Waals surface area contributed by atoms with Gasteiger partial charge in [-0.25, -0.2) is 9.59 Å². The molecule has 0 amide bonds. The van der Waals surface area contributed by atoms with E-state index in [2.05, 4.69) is 4.74 Å². The van der Waals surface area contributed by atoms with Gasteiger partial charge >= 0.3 is 11.9 Å². The van der Waals surface area contributed by atoms with Gasteiger partial charge in [0.2, 0.25) is 0 Å². The lowest BCUT2D eigenvalue weighted by Crippen LogP contribution is -2.13. The van der Waals surface area contributed by atoms with Crippen LogP contribution < -0.4 is 0 Å². The number of benzene rings is 1. The molecule has 0 bridgehead atoms. The average Bonchev–Trinajstić information content (AvgIpc) is 2.26. The van der Waals surface area contributed by atoms with Gasteiger partial charge in [0.1, 0.15) is 0 Å². The maximum atomic E-state index is 11.4. The van der Waals surface area contributed by atoms with Crippen molar-refractivity contribution in [1.29, 1.82) is 0 Å². The summed E-state index contributed by atoms with van der Waals surface area (Å²) in [6, 6.07) is 2.06. The number of hydrogen-bond donors (Lipinski definition) is 1. The molecule has 0 spiro atoms. The van der Waals surface area contributed by atoms with Crippen molar-refractivity contribution in [3.8, 4) is 0 Å². The number of rotatable bonds is 3. The highest BCUT2D eigenvalue weighted by Crippen LogP contribution is 2.25. The van der Waals surface area contributed by atoms with E-state index in [1.807, 2.05) is 0 Å². The van der Waals surface area contributed by atoms with Crippen molar-refractivity contribution >= 4 is 17.6 Å². The number of carboxylic acids is 1. The molecule has 0 aliphatic rings. The quantitative estimate of drug-likeness (QED) is 0.485. The minimum Gasteiger partial charge on any atom is -0.478 e. The maximum absolute atomic E-state index is 11.4. The van der Waals surface area contributed by atoms with Crippen LogP contribution in [0, 0.1) is 17.0 Å². The highest BCUT2D eigenvalue weighted by Gasteiger charge is 2.25. The highest BCUT2D eigenvalue weighted by atomic mass is 16.6. The molecular weight excluding hydrogens is 230 g/mol. The van der Waals surface area contributed by atoms with E-state index in [1.54, 1.807) is 0 Å². The Balaban J connectivity index is 3.58. The summed E-state index contributed by atoms with van der Waals surface area (Å²) in [5.74, 6) is -2.26. The number of nitro benzene ring substituents is 1. The molecule has 0 heterocycles. The summed E-state index contributed by atoms with van der Waals surface area (Å²) in [5, 5.41) is 19.6. The minimum absolute atomic E-state index is 0.0262. The van der Waals surface area contributed by atoms with Gasteiger partial charge < -0.3 is 9.84 Å². The van der Waals surface area contributed by atoms with Gasteiger partial charge in [-0.05, 0) is 13.0 Å². The summed E-state index contributed by atoms with van der Waals surface area (Å²) < 4.78 is 4.42. The topological polar surface area (TPSA) is 107 Å². The second-order valence-corrected chi connectivity index (χ2v) is 3.19.